The highest BCUT2D eigenvalue weighted by Gasteiger charge is 2.13. The molecular weight excluding hydrogens is 275 g/mol. The SMILES string of the molecule is Cn1c(C(=O)NCc2cccs2)cc2ccc(F)cc21. The van der Waals surface area contributed by atoms with Crippen LogP contribution >= 0.6 is 11.3 Å². The first-order chi connectivity index (χ1) is 9.65. The van der Waals surface area contributed by atoms with E-state index < -0.39 is 0 Å². The van der Waals surface area contributed by atoms with Crippen LogP contribution in [-0.4, -0.2) is 10.5 Å². The Morgan fingerprint density at radius 2 is 2.20 bits per heavy atom. The number of benzene rings is 1. The number of rotatable bonds is 3. The van der Waals surface area contributed by atoms with Crippen LogP contribution in [0.25, 0.3) is 10.9 Å². The highest BCUT2D eigenvalue weighted by Crippen LogP contribution is 2.20. The number of aromatic nitrogens is 1. The van der Waals surface area contributed by atoms with Crippen molar-refractivity contribution >= 4 is 28.1 Å². The Kier molecular flexibility index (Phi) is 3.28. The zero-order chi connectivity index (χ0) is 14.1. The van der Waals surface area contributed by atoms with E-state index in [2.05, 4.69) is 5.32 Å². The van der Waals surface area contributed by atoms with Gasteiger partial charge >= 0.3 is 0 Å². The fraction of sp³-hybridized carbons (Fsp3) is 0.133. The number of nitrogens with zero attached hydrogens (tertiary/aromatic N) is 1. The molecule has 3 rings (SSSR count). The number of fused-ring (bicyclic) bond motifs is 1. The van der Waals surface area contributed by atoms with Crippen LogP contribution in [-0.2, 0) is 13.6 Å². The molecule has 0 atom stereocenters. The Morgan fingerprint density at radius 3 is 2.95 bits per heavy atom. The monoisotopic (exact) mass is 288 g/mol. The summed E-state index contributed by atoms with van der Waals surface area (Å²) < 4.78 is 15.0. The van der Waals surface area contributed by atoms with E-state index in [0.29, 0.717) is 17.8 Å². The fourth-order valence-electron chi connectivity index (χ4n) is 2.19. The van der Waals surface area contributed by atoms with Gasteiger partial charge in [-0.2, -0.15) is 0 Å². The first-order valence-electron chi connectivity index (χ1n) is 6.21. The molecule has 2 aromatic heterocycles. The molecule has 0 bridgehead atoms. The number of halogens is 1. The molecule has 102 valence electrons. The van der Waals surface area contributed by atoms with Gasteiger partial charge in [-0.25, -0.2) is 4.39 Å². The minimum atomic E-state index is -0.302. The van der Waals surface area contributed by atoms with E-state index in [4.69, 9.17) is 0 Å². The lowest BCUT2D eigenvalue weighted by atomic mass is 10.2. The maximum absolute atomic E-state index is 13.2. The molecule has 0 aliphatic carbocycles. The first kappa shape index (κ1) is 12.9. The number of aryl methyl sites for hydroxylation is 1. The predicted molar refractivity (Wildman–Crippen MR) is 78.4 cm³/mol. The van der Waals surface area contributed by atoms with Gasteiger partial charge in [-0.15, -0.1) is 11.3 Å². The van der Waals surface area contributed by atoms with Crippen molar-refractivity contribution in [3.63, 3.8) is 0 Å². The maximum atomic E-state index is 13.2. The molecule has 3 aromatic rings. The number of hydrogen-bond acceptors (Lipinski definition) is 2. The average molecular weight is 288 g/mol. The molecule has 1 aromatic carbocycles. The van der Waals surface area contributed by atoms with E-state index in [-0.39, 0.29) is 11.7 Å². The topological polar surface area (TPSA) is 34.0 Å². The maximum Gasteiger partial charge on any atom is 0.268 e. The zero-order valence-corrected chi connectivity index (χ0v) is 11.7. The summed E-state index contributed by atoms with van der Waals surface area (Å²) in [5, 5.41) is 5.70. The van der Waals surface area contributed by atoms with Gasteiger partial charge in [-0.1, -0.05) is 6.07 Å². The van der Waals surface area contributed by atoms with E-state index in [1.165, 1.54) is 12.1 Å². The fourth-order valence-corrected chi connectivity index (χ4v) is 2.84. The summed E-state index contributed by atoms with van der Waals surface area (Å²) in [6, 6.07) is 10.2. The summed E-state index contributed by atoms with van der Waals surface area (Å²) in [5.74, 6) is -0.457. The van der Waals surface area contributed by atoms with Crippen LogP contribution in [0.3, 0.4) is 0 Å². The molecule has 3 nitrogen and oxygen atoms in total. The molecule has 0 saturated heterocycles. The van der Waals surface area contributed by atoms with Gasteiger partial charge in [-0.3, -0.25) is 4.79 Å². The van der Waals surface area contributed by atoms with E-state index in [1.54, 1.807) is 35.1 Å². The lowest BCUT2D eigenvalue weighted by Crippen LogP contribution is -2.24. The van der Waals surface area contributed by atoms with Gasteiger partial charge in [0.25, 0.3) is 5.91 Å². The van der Waals surface area contributed by atoms with E-state index in [1.807, 2.05) is 17.5 Å². The van der Waals surface area contributed by atoms with E-state index in [9.17, 15) is 9.18 Å². The quantitative estimate of drug-likeness (QED) is 0.788. The molecule has 0 aliphatic rings. The summed E-state index contributed by atoms with van der Waals surface area (Å²) >= 11 is 1.60. The number of carbonyl (C=O) groups excluding carboxylic acids is 1. The number of hydrogen-bond donors (Lipinski definition) is 1. The molecule has 2 heterocycles. The van der Waals surface area contributed by atoms with Gasteiger partial charge in [0.2, 0.25) is 0 Å². The third kappa shape index (κ3) is 2.32. The molecule has 0 fully saturated rings. The Bertz CT molecular complexity index is 762. The molecular formula is C15H13FN2OS. The van der Waals surface area contributed by atoms with Crippen LogP contribution in [0.5, 0.6) is 0 Å². The number of nitrogens with one attached hydrogen (secondary N) is 1. The lowest BCUT2D eigenvalue weighted by Gasteiger charge is -2.05. The molecule has 0 saturated carbocycles. The van der Waals surface area contributed by atoms with Crippen molar-refractivity contribution in [1.82, 2.24) is 9.88 Å². The Balaban J connectivity index is 1.86. The first-order valence-corrected chi connectivity index (χ1v) is 7.08. The normalized spacial score (nSPS) is 10.9. The highest BCUT2D eigenvalue weighted by atomic mass is 32.1. The number of thiophene rings is 1. The standard InChI is InChI=1S/C15H13FN2OS/c1-18-13-8-11(16)5-4-10(13)7-14(18)15(19)17-9-12-3-2-6-20-12/h2-8H,9H2,1H3,(H,17,19). The van der Waals surface area contributed by atoms with Crippen molar-refractivity contribution in [3.05, 3.63) is 58.2 Å². The Hall–Kier alpha value is -2.14. The summed E-state index contributed by atoms with van der Waals surface area (Å²) in [7, 11) is 1.77. The van der Waals surface area contributed by atoms with Crippen molar-refractivity contribution in [1.29, 1.82) is 0 Å². The Labute approximate surface area is 119 Å². The summed E-state index contributed by atoms with van der Waals surface area (Å²) in [5.41, 5.74) is 1.24. The molecule has 1 amide bonds. The van der Waals surface area contributed by atoms with Gasteiger partial charge in [0.05, 0.1) is 12.1 Å². The van der Waals surface area contributed by atoms with Gasteiger partial charge in [0.1, 0.15) is 11.5 Å². The minimum Gasteiger partial charge on any atom is -0.346 e. The van der Waals surface area contributed by atoms with Crippen molar-refractivity contribution in [2.45, 2.75) is 6.54 Å². The predicted octanol–water partition coefficient (Wildman–Crippen LogP) is 3.31. The molecule has 5 heteroatoms. The van der Waals surface area contributed by atoms with Crippen LogP contribution in [0.1, 0.15) is 15.4 Å². The molecule has 0 aliphatic heterocycles. The van der Waals surface area contributed by atoms with Crippen LogP contribution < -0.4 is 5.32 Å². The summed E-state index contributed by atoms with van der Waals surface area (Å²) in [4.78, 5) is 13.3. The van der Waals surface area contributed by atoms with Gasteiger partial charge < -0.3 is 9.88 Å². The Morgan fingerprint density at radius 1 is 1.35 bits per heavy atom. The van der Waals surface area contributed by atoms with Crippen molar-refractivity contribution in [3.8, 4) is 0 Å². The van der Waals surface area contributed by atoms with Gasteiger partial charge in [-0.05, 0) is 35.7 Å². The molecule has 0 spiro atoms. The van der Waals surface area contributed by atoms with Crippen LogP contribution in [0.2, 0.25) is 0 Å². The number of amides is 1. The second-order valence-corrected chi connectivity index (χ2v) is 5.59. The highest BCUT2D eigenvalue weighted by molar-refractivity contribution is 7.09. The summed E-state index contributed by atoms with van der Waals surface area (Å²) in [6.07, 6.45) is 0. The third-order valence-electron chi connectivity index (χ3n) is 3.24. The molecule has 20 heavy (non-hydrogen) atoms. The summed E-state index contributed by atoms with van der Waals surface area (Å²) in [6.45, 7) is 0.506. The molecule has 0 radical (unpaired) electrons. The van der Waals surface area contributed by atoms with Gasteiger partial charge in [0.15, 0.2) is 0 Å². The van der Waals surface area contributed by atoms with Crippen molar-refractivity contribution in [2.75, 3.05) is 0 Å². The second-order valence-electron chi connectivity index (χ2n) is 4.55. The zero-order valence-electron chi connectivity index (χ0n) is 10.9. The van der Waals surface area contributed by atoms with E-state index in [0.717, 1.165) is 10.3 Å². The van der Waals surface area contributed by atoms with Crippen LogP contribution in [0, 0.1) is 5.82 Å². The van der Waals surface area contributed by atoms with Crippen molar-refractivity contribution < 1.29 is 9.18 Å². The van der Waals surface area contributed by atoms with Crippen LogP contribution in [0.4, 0.5) is 4.39 Å². The minimum absolute atomic E-state index is 0.155. The average Bonchev–Trinajstić information content (AvgIpc) is 3.05. The van der Waals surface area contributed by atoms with Gasteiger partial charge in [0, 0.05) is 17.3 Å². The smallest absolute Gasteiger partial charge is 0.268 e. The molecule has 1 N–H and O–H groups in total. The lowest BCUT2D eigenvalue weighted by molar-refractivity contribution is 0.0943. The molecule has 0 unspecified atom stereocenters. The second kappa shape index (κ2) is 5.09. The number of carbonyl (C=O) groups is 1. The van der Waals surface area contributed by atoms with Crippen LogP contribution in [0.15, 0.2) is 41.8 Å². The third-order valence-corrected chi connectivity index (χ3v) is 4.12. The largest absolute Gasteiger partial charge is 0.346 e. The van der Waals surface area contributed by atoms with E-state index >= 15 is 0 Å². The van der Waals surface area contributed by atoms with Crippen molar-refractivity contribution in [2.24, 2.45) is 7.05 Å².